The lowest BCUT2D eigenvalue weighted by Gasteiger charge is -2.35. The van der Waals surface area contributed by atoms with Crippen LogP contribution in [0.1, 0.15) is 30.9 Å². The summed E-state index contributed by atoms with van der Waals surface area (Å²) in [6.45, 7) is 2.61. The average Bonchev–Trinajstić information content (AvgIpc) is 2.67. The van der Waals surface area contributed by atoms with Gasteiger partial charge in [-0.3, -0.25) is 9.79 Å². The molecule has 150 valence electrons. The van der Waals surface area contributed by atoms with Gasteiger partial charge in [-0.25, -0.2) is 0 Å². The Kier molecular flexibility index (Phi) is 8.38. The molecule has 1 aromatic carbocycles. The van der Waals surface area contributed by atoms with E-state index in [4.69, 9.17) is 11.6 Å². The van der Waals surface area contributed by atoms with Crippen LogP contribution in [-0.2, 0) is 4.79 Å². The minimum Gasteiger partial charge on any atom is -0.359 e. The standard InChI is InChI=1S/C20H32ClN5O/c1-22-19(27)13-15-9-11-26(12-10-15)20(23-2)24-14-18(25(3)4)16-5-7-17(21)8-6-16/h5-8,15,18H,9-14H2,1-4H3,(H,22,27)(H,23,24). The summed E-state index contributed by atoms with van der Waals surface area (Å²) in [6.07, 6.45) is 2.65. The summed E-state index contributed by atoms with van der Waals surface area (Å²) in [4.78, 5) is 20.5. The molecule has 7 heteroatoms. The Bertz CT molecular complexity index is 624. The van der Waals surface area contributed by atoms with Crippen molar-refractivity contribution in [2.75, 3.05) is 47.8 Å². The van der Waals surface area contributed by atoms with Crippen molar-refractivity contribution in [1.82, 2.24) is 20.4 Å². The van der Waals surface area contributed by atoms with Crippen LogP contribution in [0, 0.1) is 5.92 Å². The Labute approximate surface area is 168 Å². The topological polar surface area (TPSA) is 60.0 Å². The van der Waals surface area contributed by atoms with Crippen LogP contribution in [-0.4, -0.2) is 69.5 Å². The number of likely N-dealkylation sites (N-methyl/N-ethyl adjacent to an activating group) is 1. The Morgan fingerprint density at radius 3 is 2.44 bits per heavy atom. The van der Waals surface area contributed by atoms with Gasteiger partial charge in [0.15, 0.2) is 5.96 Å². The van der Waals surface area contributed by atoms with Gasteiger partial charge >= 0.3 is 0 Å². The second kappa shape index (κ2) is 10.5. The number of guanidine groups is 1. The molecule has 1 saturated heterocycles. The number of hydrogen-bond acceptors (Lipinski definition) is 3. The van der Waals surface area contributed by atoms with Crippen molar-refractivity contribution < 1.29 is 4.79 Å². The van der Waals surface area contributed by atoms with E-state index in [-0.39, 0.29) is 11.9 Å². The fraction of sp³-hybridized carbons (Fsp3) is 0.600. The van der Waals surface area contributed by atoms with Crippen molar-refractivity contribution >= 4 is 23.5 Å². The first-order valence-electron chi connectivity index (χ1n) is 9.52. The largest absolute Gasteiger partial charge is 0.359 e. The van der Waals surface area contributed by atoms with Crippen molar-refractivity contribution in [2.24, 2.45) is 10.9 Å². The molecular weight excluding hydrogens is 362 g/mol. The van der Waals surface area contributed by atoms with Gasteiger partial charge in [-0.15, -0.1) is 0 Å². The van der Waals surface area contributed by atoms with E-state index in [0.29, 0.717) is 12.3 Å². The molecule has 1 aliphatic rings. The Balaban J connectivity index is 1.90. The first-order valence-corrected chi connectivity index (χ1v) is 9.90. The first kappa shape index (κ1) is 21.5. The third-order valence-corrected chi connectivity index (χ3v) is 5.46. The zero-order valence-corrected chi connectivity index (χ0v) is 17.6. The Morgan fingerprint density at radius 2 is 1.93 bits per heavy atom. The Morgan fingerprint density at radius 1 is 1.30 bits per heavy atom. The van der Waals surface area contributed by atoms with E-state index in [2.05, 4.69) is 51.7 Å². The molecule has 0 bridgehead atoms. The van der Waals surface area contributed by atoms with E-state index in [1.165, 1.54) is 5.56 Å². The molecule has 1 atom stereocenters. The van der Waals surface area contributed by atoms with E-state index in [1.54, 1.807) is 7.05 Å². The lowest BCUT2D eigenvalue weighted by atomic mass is 9.93. The molecule has 1 amide bonds. The van der Waals surface area contributed by atoms with Crippen molar-refractivity contribution in [2.45, 2.75) is 25.3 Å². The molecule has 2 rings (SSSR count). The predicted octanol–water partition coefficient (Wildman–Crippen LogP) is 2.37. The number of piperidine rings is 1. The highest BCUT2D eigenvalue weighted by molar-refractivity contribution is 6.30. The van der Waals surface area contributed by atoms with Crippen LogP contribution >= 0.6 is 11.6 Å². The van der Waals surface area contributed by atoms with Crippen LogP contribution < -0.4 is 10.6 Å². The van der Waals surface area contributed by atoms with Gasteiger partial charge in [-0.1, -0.05) is 23.7 Å². The van der Waals surface area contributed by atoms with Gasteiger partial charge in [-0.05, 0) is 50.6 Å². The number of hydrogen-bond donors (Lipinski definition) is 2. The van der Waals surface area contributed by atoms with Gasteiger partial charge in [0.05, 0.1) is 6.04 Å². The zero-order chi connectivity index (χ0) is 19.8. The number of rotatable bonds is 6. The molecule has 1 aliphatic heterocycles. The van der Waals surface area contributed by atoms with Crippen molar-refractivity contribution in [1.29, 1.82) is 0 Å². The molecule has 0 aliphatic carbocycles. The fourth-order valence-electron chi connectivity index (χ4n) is 3.52. The van der Waals surface area contributed by atoms with Crippen molar-refractivity contribution in [3.8, 4) is 0 Å². The summed E-state index contributed by atoms with van der Waals surface area (Å²) < 4.78 is 0. The van der Waals surface area contributed by atoms with Crippen LogP contribution in [0.25, 0.3) is 0 Å². The third kappa shape index (κ3) is 6.40. The van der Waals surface area contributed by atoms with Crippen LogP contribution in [0.2, 0.25) is 5.02 Å². The third-order valence-electron chi connectivity index (χ3n) is 5.21. The number of carbonyl (C=O) groups excluding carboxylic acids is 1. The van der Waals surface area contributed by atoms with Crippen LogP contribution in [0.3, 0.4) is 0 Å². The number of amides is 1. The van der Waals surface area contributed by atoms with Crippen molar-refractivity contribution in [3.05, 3.63) is 34.9 Å². The maximum absolute atomic E-state index is 11.6. The number of benzene rings is 1. The first-order chi connectivity index (χ1) is 12.9. The Hall–Kier alpha value is -1.79. The van der Waals surface area contributed by atoms with E-state index < -0.39 is 0 Å². The van der Waals surface area contributed by atoms with E-state index in [9.17, 15) is 4.79 Å². The number of nitrogens with zero attached hydrogens (tertiary/aromatic N) is 3. The van der Waals surface area contributed by atoms with Gasteiger partial charge < -0.3 is 20.4 Å². The normalized spacial score (nSPS) is 17.1. The SMILES string of the molecule is CN=C(NCC(c1ccc(Cl)cc1)N(C)C)N1CCC(CC(=O)NC)CC1. The van der Waals surface area contributed by atoms with Gasteiger partial charge in [0.2, 0.25) is 5.91 Å². The van der Waals surface area contributed by atoms with Crippen molar-refractivity contribution in [3.63, 3.8) is 0 Å². The smallest absolute Gasteiger partial charge is 0.220 e. The number of halogens is 1. The molecule has 1 heterocycles. The number of carbonyl (C=O) groups is 1. The van der Waals surface area contributed by atoms with Gasteiger partial charge in [0.25, 0.3) is 0 Å². The number of nitrogens with one attached hydrogen (secondary N) is 2. The van der Waals surface area contributed by atoms with Gasteiger partial charge in [0.1, 0.15) is 0 Å². The van der Waals surface area contributed by atoms with E-state index in [0.717, 1.165) is 43.5 Å². The lowest BCUT2D eigenvalue weighted by molar-refractivity contribution is -0.121. The average molecular weight is 394 g/mol. The minimum absolute atomic E-state index is 0.132. The maximum Gasteiger partial charge on any atom is 0.220 e. The molecule has 0 aromatic heterocycles. The van der Waals surface area contributed by atoms with Gasteiger partial charge in [-0.2, -0.15) is 0 Å². The molecule has 0 spiro atoms. The van der Waals surface area contributed by atoms with E-state index in [1.807, 2.05) is 19.2 Å². The highest BCUT2D eigenvalue weighted by Gasteiger charge is 2.24. The zero-order valence-electron chi connectivity index (χ0n) is 16.8. The summed E-state index contributed by atoms with van der Waals surface area (Å²) >= 11 is 6.02. The highest BCUT2D eigenvalue weighted by atomic mass is 35.5. The summed E-state index contributed by atoms with van der Waals surface area (Å²) in [5.74, 6) is 1.52. The molecule has 0 radical (unpaired) electrons. The molecule has 1 aromatic rings. The highest BCUT2D eigenvalue weighted by Crippen LogP contribution is 2.22. The van der Waals surface area contributed by atoms with Gasteiger partial charge in [0, 0.05) is 45.2 Å². The van der Waals surface area contributed by atoms with Crippen LogP contribution in [0.4, 0.5) is 0 Å². The second-order valence-electron chi connectivity index (χ2n) is 7.27. The minimum atomic E-state index is 0.132. The predicted molar refractivity (Wildman–Crippen MR) is 112 cm³/mol. The molecular formula is C20H32ClN5O. The number of likely N-dealkylation sites (tertiary alicyclic amines) is 1. The van der Waals surface area contributed by atoms with Crippen LogP contribution in [0.15, 0.2) is 29.3 Å². The molecule has 1 fully saturated rings. The quantitative estimate of drug-likeness (QED) is 0.575. The molecule has 6 nitrogen and oxygen atoms in total. The monoisotopic (exact) mass is 393 g/mol. The summed E-state index contributed by atoms with van der Waals surface area (Å²) in [6, 6.07) is 8.23. The molecule has 27 heavy (non-hydrogen) atoms. The van der Waals surface area contributed by atoms with Crippen LogP contribution in [0.5, 0.6) is 0 Å². The molecule has 0 saturated carbocycles. The van der Waals surface area contributed by atoms with E-state index >= 15 is 0 Å². The fourth-order valence-corrected chi connectivity index (χ4v) is 3.64. The summed E-state index contributed by atoms with van der Waals surface area (Å²) in [7, 11) is 7.68. The molecule has 2 N–H and O–H groups in total. The lowest BCUT2D eigenvalue weighted by Crippen LogP contribution is -2.47. The second-order valence-corrected chi connectivity index (χ2v) is 7.70. The summed E-state index contributed by atoms with van der Waals surface area (Å²) in [5.41, 5.74) is 1.22. The number of aliphatic imine (C=N–C) groups is 1. The maximum atomic E-state index is 11.6. The summed E-state index contributed by atoms with van der Waals surface area (Å²) in [5, 5.41) is 6.99. The molecule has 1 unspecified atom stereocenters.